The van der Waals surface area contributed by atoms with Gasteiger partial charge in [0.25, 0.3) is 0 Å². The third kappa shape index (κ3) is 3.95. The molecule has 3 heterocycles. The molecule has 0 spiro atoms. The van der Waals surface area contributed by atoms with Crippen molar-refractivity contribution in [1.82, 2.24) is 15.1 Å². The molecule has 0 amide bonds. The molecule has 0 unspecified atom stereocenters. The van der Waals surface area contributed by atoms with Crippen molar-refractivity contribution in [1.29, 1.82) is 0 Å². The van der Waals surface area contributed by atoms with Crippen LogP contribution in [0.2, 0.25) is 0 Å². The van der Waals surface area contributed by atoms with E-state index in [4.69, 9.17) is 9.26 Å². The van der Waals surface area contributed by atoms with Gasteiger partial charge in [-0.1, -0.05) is 29.4 Å². The number of pyridine rings is 2. The molecule has 0 atom stereocenters. The Kier molecular flexibility index (Phi) is 4.92. The normalized spacial score (nSPS) is 13.9. The van der Waals surface area contributed by atoms with Gasteiger partial charge < -0.3 is 19.7 Å². The molecule has 0 bridgehead atoms. The number of fused-ring (bicyclic) bond motifs is 1. The van der Waals surface area contributed by atoms with Gasteiger partial charge in [-0.25, -0.2) is 14.8 Å². The molecule has 2 aromatic carbocycles. The maximum absolute atomic E-state index is 11.2. The Labute approximate surface area is 200 Å². The minimum atomic E-state index is -0.939. The summed E-state index contributed by atoms with van der Waals surface area (Å²) in [6, 6.07) is 20.2. The molecule has 1 fully saturated rings. The lowest BCUT2D eigenvalue weighted by atomic mass is 10.0. The molecule has 0 radical (unpaired) electrons. The van der Waals surface area contributed by atoms with Crippen LogP contribution in [0.15, 0.2) is 89.9 Å². The first kappa shape index (κ1) is 20.9. The second-order valence-corrected chi connectivity index (χ2v) is 8.48. The summed E-state index contributed by atoms with van der Waals surface area (Å²) < 4.78 is 11.2. The largest absolute Gasteiger partial charge is 0.478 e. The Bertz CT molecular complexity index is 1520. The Morgan fingerprint density at radius 1 is 1.00 bits per heavy atom. The predicted molar refractivity (Wildman–Crippen MR) is 129 cm³/mol. The summed E-state index contributed by atoms with van der Waals surface area (Å²) in [5.74, 6) is 0.779. The number of benzene rings is 2. The molecule has 1 aliphatic carbocycles. The van der Waals surface area contributed by atoms with Gasteiger partial charge >= 0.3 is 5.97 Å². The minimum Gasteiger partial charge on any atom is -0.478 e. The molecule has 1 aliphatic rings. The monoisotopic (exact) mass is 464 g/mol. The first-order chi connectivity index (χ1) is 17.1. The van der Waals surface area contributed by atoms with Crippen LogP contribution < -0.4 is 10.1 Å². The second kappa shape index (κ2) is 8.25. The van der Waals surface area contributed by atoms with E-state index in [-0.39, 0.29) is 11.1 Å². The Morgan fingerprint density at radius 3 is 2.51 bits per heavy atom. The van der Waals surface area contributed by atoms with E-state index in [0.717, 1.165) is 40.4 Å². The van der Waals surface area contributed by atoms with Gasteiger partial charge in [-0.15, -0.1) is 0 Å². The number of aromatic carboxylic acids is 1. The number of rotatable bonds is 7. The topological polar surface area (TPSA) is 110 Å². The molecule has 0 aliphatic heterocycles. The molecule has 8 heteroatoms. The van der Waals surface area contributed by atoms with Gasteiger partial charge in [0, 0.05) is 24.0 Å². The lowest BCUT2D eigenvalue weighted by Crippen LogP contribution is -2.20. The van der Waals surface area contributed by atoms with Crippen LogP contribution in [0, 0.1) is 0 Å². The fraction of sp³-hybridized carbons (Fsp3) is 0.111. The van der Waals surface area contributed by atoms with Gasteiger partial charge in [-0.2, -0.15) is 0 Å². The molecular weight excluding hydrogens is 444 g/mol. The van der Waals surface area contributed by atoms with Crippen LogP contribution in [0.4, 0.5) is 5.82 Å². The van der Waals surface area contributed by atoms with Crippen molar-refractivity contribution >= 4 is 22.6 Å². The molecule has 1 saturated carbocycles. The highest BCUT2D eigenvalue weighted by Gasteiger charge is 2.45. The number of hydrogen-bond acceptors (Lipinski definition) is 7. The van der Waals surface area contributed by atoms with Crippen molar-refractivity contribution < 1.29 is 19.2 Å². The number of nitrogens with zero attached hydrogens (tertiary/aromatic N) is 3. The van der Waals surface area contributed by atoms with Crippen molar-refractivity contribution in [3.05, 3.63) is 96.5 Å². The van der Waals surface area contributed by atoms with E-state index in [0.29, 0.717) is 17.4 Å². The van der Waals surface area contributed by atoms with Crippen molar-refractivity contribution in [3.63, 3.8) is 0 Å². The summed E-state index contributed by atoms with van der Waals surface area (Å²) in [5.41, 5.74) is 2.57. The van der Waals surface area contributed by atoms with E-state index in [2.05, 4.69) is 20.4 Å². The lowest BCUT2D eigenvalue weighted by molar-refractivity contribution is 0.0697. The van der Waals surface area contributed by atoms with E-state index in [1.807, 2.05) is 48.5 Å². The first-order valence-electron chi connectivity index (χ1n) is 11.2. The third-order valence-electron chi connectivity index (χ3n) is 6.22. The van der Waals surface area contributed by atoms with Crippen molar-refractivity contribution in [2.75, 3.05) is 5.32 Å². The van der Waals surface area contributed by atoms with E-state index in [9.17, 15) is 9.90 Å². The summed E-state index contributed by atoms with van der Waals surface area (Å²) in [7, 11) is 0. The molecule has 5 aromatic rings. The number of nitrogens with one attached hydrogen (secondary N) is 1. The van der Waals surface area contributed by atoms with Crippen molar-refractivity contribution in [3.8, 4) is 22.9 Å². The van der Waals surface area contributed by atoms with E-state index < -0.39 is 5.97 Å². The van der Waals surface area contributed by atoms with Gasteiger partial charge in [-0.3, -0.25) is 0 Å². The standard InChI is InChI=1S/C27H20N4O4/c32-26(33)18-4-6-20(7-5-18)27(11-12-27)30-24-23-17(8-13-28-24)9-14-29-25(23)35-21-3-1-2-19(16-21)22-10-15-34-31-22/h1-10,13-16H,11-12H2,(H,28,30)(H,32,33). The van der Waals surface area contributed by atoms with Crippen LogP contribution in [0.5, 0.6) is 11.6 Å². The molecule has 2 N–H and O–H groups in total. The number of carboxylic acids is 1. The molecule has 35 heavy (non-hydrogen) atoms. The third-order valence-corrected chi connectivity index (χ3v) is 6.22. The Hall–Kier alpha value is -4.72. The zero-order valence-corrected chi connectivity index (χ0v) is 18.5. The fourth-order valence-electron chi connectivity index (χ4n) is 4.22. The summed E-state index contributed by atoms with van der Waals surface area (Å²) in [6.45, 7) is 0. The summed E-state index contributed by atoms with van der Waals surface area (Å²) in [5, 5.41) is 18.5. The van der Waals surface area contributed by atoms with Gasteiger partial charge in [0.15, 0.2) is 0 Å². The van der Waals surface area contributed by atoms with E-state index in [1.165, 1.54) is 6.26 Å². The van der Waals surface area contributed by atoms with Crippen LogP contribution in [-0.2, 0) is 5.54 Å². The van der Waals surface area contributed by atoms with Gasteiger partial charge in [-0.05, 0) is 60.2 Å². The van der Waals surface area contributed by atoms with Crippen LogP contribution in [0.3, 0.4) is 0 Å². The smallest absolute Gasteiger partial charge is 0.335 e. The lowest BCUT2D eigenvalue weighted by Gasteiger charge is -2.20. The summed E-state index contributed by atoms with van der Waals surface area (Å²) in [6.07, 6.45) is 6.81. The van der Waals surface area contributed by atoms with Crippen LogP contribution in [-0.4, -0.2) is 26.2 Å². The zero-order valence-electron chi connectivity index (χ0n) is 18.5. The molecular formula is C27H20N4O4. The Morgan fingerprint density at radius 2 is 1.80 bits per heavy atom. The maximum Gasteiger partial charge on any atom is 0.335 e. The van der Waals surface area contributed by atoms with Crippen LogP contribution >= 0.6 is 0 Å². The average Bonchev–Trinajstić information content (AvgIpc) is 3.44. The van der Waals surface area contributed by atoms with Gasteiger partial charge in [0.2, 0.25) is 5.88 Å². The van der Waals surface area contributed by atoms with E-state index >= 15 is 0 Å². The zero-order chi connectivity index (χ0) is 23.8. The van der Waals surface area contributed by atoms with Crippen LogP contribution in [0.1, 0.15) is 28.8 Å². The number of carbonyl (C=O) groups is 1. The summed E-state index contributed by atoms with van der Waals surface area (Å²) >= 11 is 0. The molecule has 6 rings (SSSR count). The highest BCUT2D eigenvalue weighted by Crippen LogP contribution is 2.49. The number of ether oxygens (including phenoxy) is 1. The van der Waals surface area contributed by atoms with Gasteiger partial charge in [0.05, 0.1) is 16.5 Å². The van der Waals surface area contributed by atoms with E-state index in [1.54, 1.807) is 30.6 Å². The molecule has 172 valence electrons. The maximum atomic E-state index is 11.2. The number of hydrogen-bond donors (Lipinski definition) is 2. The highest BCUT2D eigenvalue weighted by atomic mass is 16.5. The van der Waals surface area contributed by atoms with Crippen molar-refractivity contribution in [2.45, 2.75) is 18.4 Å². The number of anilines is 1. The van der Waals surface area contributed by atoms with Gasteiger partial charge in [0.1, 0.15) is 23.5 Å². The first-order valence-corrected chi connectivity index (χ1v) is 11.2. The SMILES string of the molecule is O=C(O)c1ccc(C2(Nc3nccc4ccnc(Oc5cccc(-c6ccon6)c5)c34)CC2)cc1. The number of aromatic nitrogens is 3. The predicted octanol–water partition coefficient (Wildman–Crippen LogP) is 5.88. The number of carboxylic acid groups (broad SMARTS) is 1. The Balaban J connectivity index is 1.35. The quantitative estimate of drug-likeness (QED) is 0.307. The van der Waals surface area contributed by atoms with Crippen LogP contribution in [0.25, 0.3) is 22.0 Å². The molecule has 3 aromatic heterocycles. The minimum absolute atomic E-state index is 0.264. The molecule has 8 nitrogen and oxygen atoms in total. The van der Waals surface area contributed by atoms with Crippen molar-refractivity contribution in [2.24, 2.45) is 0 Å². The summed E-state index contributed by atoms with van der Waals surface area (Å²) in [4.78, 5) is 20.4. The highest BCUT2D eigenvalue weighted by molar-refractivity contribution is 5.96. The second-order valence-electron chi connectivity index (χ2n) is 8.48. The molecule has 0 saturated heterocycles. The fourth-order valence-corrected chi connectivity index (χ4v) is 4.22. The average molecular weight is 464 g/mol.